The Morgan fingerprint density at radius 1 is 1.31 bits per heavy atom. The van der Waals surface area contributed by atoms with Crippen LogP contribution in [0.15, 0.2) is 35.6 Å². The molecule has 3 rings (SSSR count). The molecule has 0 spiro atoms. The Morgan fingerprint density at radius 3 is 2.66 bits per heavy atom. The van der Waals surface area contributed by atoms with E-state index in [0.29, 0.717) is 13.2 Å². The number of benzene rings is 1. The molecule has 2 aromatic rings. The molecular formula is C22H35IN6O3. The summed E-state index contributed by atoms with van der Waals surface area (Å²) >= 11 is 0. The molecule has 0 saturated carbocycles. The number of ether oxygens (including phenoxy) is 3. The van der Waals surface area contributed by atoms with Gasteiger partial charge in [-0.15, -0.1) is 24.0 Å². The minimum absolute atomic E-state index is 0. The summed E-state index contributed by atoms with van der Waals surface area (Å²) in [6.07, 6.45) is 3.85. The van der Waals surface area contributed by atoms with Gasteiger partial charge >= 0.3 is 0 Å². The predicted molar refractivity (Wildman–Crippen MR) is 136 cm³/mol. The second-order valence-corrected chi connectivity index (χ2v) is 7.77. The predicted octanol–water partition coefficient (Wildman–Crippen LogP) is 2.31. The maximum atomic E-state index is 5.97. The van der Waals surface area contributed by atoms with E-state index in [1.54, 1.807) is 18.9 Å². The van der Waals surface area contributed by atoms with Gasteiger partial charge in [0.1, 0.15) is 6.10 Å². The van der Waals surface area contributed by atoms with Crippen LogP contribution in [0.4, 0.5) is 0 Å². The first-order chi connectivity index (χ1) is 15.0. The molecule has 1 saturated heterocycles. The first-order valence-corrected chi connectivity index (χ1v) is 10.4. The highest BCUT2D eigenvalue weighted by atomic mass is 127. The Balaban J connectivity index is 0.00000363. The number of hydrogen-bond acceptors (Lipinski definition) is 6. The van der Waals surface area contributed by atoms with Crippen molar-refractivity contribution >= 4 is 29.9 Å². The van der Waals surface area contributed by atoms with Crippen LogP contribution < -0.4 is 14.8 Å². The summed E-state index contributed by atoms with van der Waals surface area (Å²) < 4.78 is 18.6. The van der Waals surface area contributed by atoms with Crippen molar-refractivity contribution in [3.05, 3.63) is 41.7 Å². The molecule has 0 radical (unpaired) electrons. The molecule has 1 aromatic heterocycles. The lowest BCUT2D eigenvalue weighted by Crippen LogP contribution is -2.49. The van der Waals surface area contributed by atoms with Crippen molar-refractivity contribution in [3.63, 3.8) is 0 Å². The Kier molecular flexibility index (Phi) is 10.0. The Morgan fingerprint density at radius 2 is 2.06 bits per heavy atom. The van der Waals surface area contributed by atoms with Crippen LogP contribution in [0.2, 0.25) is 0 Å². The molecule has 2 atom stereocenters. The van der Waals surface area contributed by atoms with Gasteiger partial charge in [-0.25, -0.2) is 0 Å². The number of nitrogens with one attached hydrogen (secondary N) is 1. The molecule has 1 aromatic carbocycles. The van der Waals surface area contributed by atoms with E-state index in [2.05, 4.69) is 45.4 Å². The number of aryl methyl sites for hydroxylation is 1. The van der Waals surface area contributed by atoms with Crippen LogP contribution in [0.25, 0.3) is 0 Å². The van der Waals surface area contributed by atoms with Gasteiger partial charge in [0.25, 0.3) is 0 Å². The first-order valence-electron chi connectivity index (χ1n) is 10.4. The molecular weight excluding hydrogens is 523 g/mol. The molecule has 0 aliphatic carbocycles. The van der Waals surface area contributed by atoms with Gasteiger partial charge in [-0.2, -0.15) is 5.10 Å². The van der Waals surface area contributed by atoms with Gasteiger partial charge in [0.15, 0.2) is 17.5 Å². The van der Waals surface area contributed by atoms with Gasteiger partial charge in [0.2, 0.25) is 0 Å². The number of likely N-dealkylation sites (N-methyl/N-ethyl adjacent to an activating group) is 1. The highest BCUT2D eigenvalue weighted by Gasteiger charge is 2.26. The highest BCUT2D eigenvalue weighted by molar-refractivity contribution is 14.0. The second-order valence-electron chi connectivity index (χ2n) is 7.77. The molecule has 0 amide bonds. The van der Waals surface area contributed by atoms with E-state index in [-0.39, 0.29) is 36.1 Å². The lowest BCUT2D eigenvalue weighted by atomic mass is 10.1. The van der Waals surface area contributed by atoms with Crippen molar-refractivity contribution in [3.8, 4) is 11.5 Å². The molecule has 1 fully saturated rings. The number of nitrogens with zero attached hydrogens (tertiary/aromatic N) is 5. The summed E-state index contributed by atoms with van der Waals surface area (Å²) in [7, 11) is 11.2. The normalized spacial score (nSPS) is 17.7. The Labute approximate surface area is 207 Å². The zero-order chi connectivity index (χ0) is 22.4. The quantitative estimate of drug-likeness (QED) is 0.318. The van der Waals surface area contributed by atoms with E-state index in [4.69, 9.17) is 14.2 Å². The molecule has 1 N–H and O–H groups in total. The zero-order valence-electron chi connectivity index (χ0n) is 19.7. The van der Waals surface area contributed by atoms with Gasteiger partial charge in [-0.05, 0) is 31.8 Å². The molecule has 9 nitrogen and oxygen atoms in total. The van der Waals surface area contributed by atoms with Crippen LogP contribution in [0.5, 0.6) is 11.5 Å². The van der Waals surface area contributed by atoms with Crippen molar-refractivity contribution in [1.82, 2.24) is 24.9 Å². The molecule has 10 heteroatoms. The van der Waals surface area contributed by atoms with Crippen molar-refractivity contribution in [2.45, 2.75) is 12.1 Å². The molecule has 1 aliphatic heterocycles. The molecule has 1 aliphatic rings. The Hall–Kier alpha value is -2.05. The van der Waals surface area contributed by atoms with Gasteiger partial charge in [0.05, 0.1) is 39.6 Å². The van der Waals surface area contributed by atoms with Gasteiger partial charge < -0.3 is 29.3 Å². The van der Waals surface area contributed by atoms with Crippen LogP contribution >= 0.6 is 24.0 Å². The fourth-order valence-corrected chi connectivity index (χ4v) is 3.83. The molecule has 0 bridgehead atoms. The first kappa shape index (κ1) is 26.2. The lowest BCUT2D eigenvalue weighted by molar-refractivity contribution is -0.00811. The van der Waals surface area contributed by atoms with E-state index in [9.17, 15) is 0 Å². The van der Waals surface area contributed by atoms with Crippen LogP contribution in [-0.2, 0) is 11.8 Å². The minimum atomic E-state index is -0.0171. The smallest absolute Gasteiger partial charge is 0.193 e. The number of halogens is 1. The van der Waals surface area contributed by atoms with Gasteiger partial charge in [-0.1, -0.05) is 6.07 Å². The maximum Gasteiger partial charge on any atom is 0.193 e. The number of methoxy groups -OCH3 is 2. The van der Waals surface area contributed by atoms with Gasteiger partial charge in [0, 0.05) is 38.9 Å². The highest BCUT2D eigenvalue weighted by Crippen LogP contribution is 2.31. The standard InChI is InChI=1S/C22H34N6O3.HI/c1-23-22(28-9-10-31-21(15-28)17-12-25-27(4)14-17)24-13-18(26(2)3)16-7-8-19(29-5)20(11-16)30-6;/h7-8,11-12,14,18,21H,9-10,13,15H2,1-6H3,(H,23,24);1H. The van der Waals surface area contributed by atoms with Crippen LogP contribution in [0.1, 0.15) is 23.3 Å². The van der Waals surface area contributed by atoms with E-state index in [1.165, 1.54) is 0 Å². The van der Waals surface area contributed by atoms with Crippen LogP contribution in [0.3, 0.4) is 0 Å². The fraction of sp³-hybridized carbons (Fsp3) is 0.545. The largest absolute Gasteiger partial charge is 0.493 e. The summed E-state index contributed by atoms with van der Waals surface area (Å²) in [5, 5.41) is 7.82. The van der Waals surface area contributed by atoms with E-state index in [1.807, 2.05) is 38.6 Å². The summed E-state index contributed by atoms with van der Waals surface area (Å²) in [5.74, 6) is 2.32. The second kappa shape index (κ2) is 12.3. The molecule has 2 heterocycles. The van der Waals surface area contributed by atoms with Crippen molar-refractivity contribution < 1.29 is 14.2 Å². The third-order valence-electron chi connectivity index (χ3n) is 5.54. The SMILES string of the molecule is CN=C(NCC(c1ccc(OC)c(OC)c1)N(C)C)N1CCOC(c2cnn(C)c2)C1.I. The summed E-state index contributed by atoms with van der Waals surface area (Å²) in [6.45, 7) is 2.87. The number of morpholine rings is 1. The third-order valence-corrected chi connectivity index (χ3v) is 5.54. The summed E-state index contributed by atoms with van der Waals surface area (Å²) in [5.41, 5.74) is 2.22. The summed E-state index contributed by atoms with van der Waals surface area (Å²) in [4.78, 5) is 8.94. The molecule has 2 unspecified atom stereocenters. The maximum absolute atomic E-state index is 5.97. The van der Waals surface area contributed by atoms with E-state index >= 15 is 0 Å². The topological polar surface area (TPSA) is 76.4 Å². The third kappa shape index (κ3) is 6.26. The molecule has 32 heavy (non-hydrogen) atoms. The lowest BCUT2D eigenvalue weighted by Gasteiger charge is -2.35. The number of aromatic nitrogens is 2. The average molecular weight is 558 g/mol. The van der Waals surface area contributed by atoms with E-state index in [0.717, 1.165) is 41.7 Å². The summed E-state index contributed by atoms with van der Waals surface area (Å²) in [6, 6.07) is 6.18. The Bertz CT molecular complexity index is 888. The average Bonchev–Trinajstić information content (AvgIpc) is 3.22. The minimum Gasteiger partial charge on any atom is -0.493 e. The van der Waals surface area contributed by atoms with Gasteiger partial charge in [-0.3, -0.25) is 9.67 Å². The fourth-order valence-electron chi connectivity index (χ4n) is 3.83. The van der Waals surface area contributed by atoms with Crippen LogP contribution in [0, 0.1) is 0 Å². The number of rotatable bonds is 7. The number of aliphatic imine (C=N–C) groups is 1. The van der Waals surface area contributed by atoms with Crippen molar-refractivity contribution in [2.24, 2.45) is 12.0 Å². The van der Waals surface area contributed by atoms with E-state index < -0.39 is 0 Å². The number of hydrogen-bond donors (Lipinski definition) is 1. The molecule has 178 valence electrons. The van der Waals surface area contributed by atoms with Crippen molar-refractivity contribution in [1.29, 1.82) is 0 Å². The van der Waals surface area contributed by atoms with Crippen molar-refractivity contribution in [2.75, 3.05) is 61.6 Å². The van der Waals surface area contributed by atoms with Crippen LogP contribution in [-0.4, -0.2) is 87.1 Å². The zero-order valence-corrected chi connectivity index (χ0v) is 22.1. The monoisotopic (exact) mass is 558 g/mol. The number of guanidine groups is 1.